The van der Waals surface area contributed by atoms with E-state index in [1.54, 1.807) is 0 Å². The van der Waals surface area contributed by atoms with Gasteiger partial charge in [-0.05, 0) is 18.2 Å². The van der Waals surface area contributed by atoms with Gasteiger partial charge < -0.3 is 20.3 Å². The number of nitrogens with one attached hydrogen (secondary N) is 1. The first-order chi connectivity index (χ1) is 9.51. The van der Waals surface area contributed by atoms with Gasteiger partial charge in [0.15, 0.2) is 11.2 Å². The molecule has 7 nitrogen and oxygen atoms in total. The van der Waals surface area contributed by atoms with Gasteiger partial charge in [0.2, 0.25) is 0 Å². The van der Waals surface area contributed by atoms with Crippen LogP contribution >= 0.6 is 11.8 Å². The zero-order chi connectivity index (χ0) is 14.7. The fraction of sp³-hybridized carbons (Fsp3) is 0.250. The van der Waals surface area contributed by atoms with Gasteiger partial charge in [-0.3, -0.25) is 0 Å². The number of phenolic OH excluding ortho intramolecular Hbond substituents is 1. The van der Waals surface area contributed by atoms with Crippen molar-refractivity contribution in [3.05, 3.63) is 23.8 Å². The molecule has 106 valence electrons. The summed E-state index contributed by atoms with van der Waals surface area (Å²) in [6.07, 6.45) is 0. The number of nitrogens with zero attached hydrogens (tertiary/aromatic N) is 1. The lowest BCUT2D eigenvalue weighted by Crippen LogP contribution is -2.17. The van der Waals surface area contributed by atoms with Crippen molar-refractivity contribution >= 4 is 34.6 Å². The Balaban J connectivity index is 2.13. The van der Waals surface area contributed by atoms with Crippen molar-refractivity contribution in [1.82, 2.24) is 0 Å². The van der Waals surface area contributed by atoms with Crippen LogP contribution in [0.2, 0.25) is 0 Å². The van der Waals surface area contributed by atoms with Crippen molar-refractivity contribution in [3.63, 3.8) is 0 Å². The summed E-state index contributed by atoms with van der Waals surface area (Å²) in [4.78, 5) is 26.0. The maximum absolute atomic E-state index is 11.3. The van der Waals surface area contributed by atoms with Gasteiger partial charge in [0.1, 0.15) is 5.75 Å². The topological polar surface area (TPSA) is 108 Å². The summed E-state index contributed by atoms with van der Waals surface area (Å²) < 4.78 is 4.54. The Kier molecular flexibility index (Phi) is 4.14. The van der Waals surface area contributed by atoms with Gasteiger partial charge in [0.25, 0.3) is 0 Å². The lowest BCUT2D eigenvalue weighted by molar-refractivity contribution is -0.137. The highest BCUT2D eigenvalue weighted by Gasteiger charge is 2.24. The number of thioether (sulfide) groups is 1. The number of carboxylic acids is 1. The number of carbonyl (C=O) groups is 2. The van der Waals surface area contributed by atoms with Crippen molar-refractivity contribution in [3.8, 4) is 5.75 Å². The highest BCUT2D eigenvalue weighted by Crippen LogP contribution is 2.27. The molecule has 0 aromatic heterocycles. The molecule has 1 aromatic rings. The van der Waals surface area contributed by atoms with Crippen molar-refractivity contribution in [1.29, 1.82) is 0 Å². The van der Waals surface area contributed by atoms with E-state index in [4.69, 9.17) is 5.11 Å². The number of benzene rings is 1. The number of hydrogen-bond acceptors (Lipinski definition) is 7. The Morgan fingerprint density at radius 1 is 1.50 bits per heavy atom. The number of aromatic hydroxyl groups is 1. The molecular formula is C12H12N2O5S. The summed E-state index contributed by atoms with van der Waals surface area (Å²) >= 11 is 1.25. The van der Waals surface area contributed by atoms with E-state index >= 15 is 0 Å². The van der Waals surface area contributed by atoms with Crippen molar-refractivity contribution in [2.75, 3.05) is 18.2 Å². The van der Waals surface area contributed by atoms with Crippen LogP contribution < -0.4 is 5.32 Å². The van der Waals surface area contributed by atoms with E-state index in [9.17, 15) is 14.7 Å². The third-order valence-corrected chi connectivity index (χ3v) is 3.56. The minimum absolute atomic E-state index is 0.144. The Hall–Kier alpha value is -2.22. The molecule has 0 amide bonds. The maximum Gasteiger partial charge on any atom is 0.337 e. The van der Waals surface area contributed by atoms with E-state index < -0.39 is 18.0 Å². The van der Waals surface area contributed by atoms with E-state index in [0.29, 0.717) is 16.6 Å². The van der Waals surface area contributed by atoms with Crippen LogP contribution in [0.4, 0.5) is 5.69 Å². The summed E-state index contributed by atoms with van der Waals surface area (Å²) in [5, 5.41) is 21.9. The molecule has 1 atom stereocenters. The number of phenols is 1. The van der Waals surface area contributed by atoms with Crippen LogP contribution in [0.3, 0.4) is 0 Å². The van der Waals surface area contributed by atoms with Gasteiger partial charge in [-0.2, -0.15) is 0 Å². The normalized spacial score (nSPS) is 17.4. The third kappa shape index (κ3) is 3.02. The van der Waals surface area contributed by atoms with Crippen molar-refractivity contribution in [2.24, 2.45) is 4.99 Å². The number of aliphatic carboxylic acids is 1. The second-order valence-electron chi connectivity index (χ2n) is 3.95. The van der Waals surface area contributed by atoms with E-state index in [1.807, 2.05) is 0 Å². The van der Waals surface area contributed by atoms with Gasteiger partial charge >= 0.3 is 11.9 Å². The Labute approximate surface area is 118 Å². The number of amidine groups is 1. The maximum atomic E-state index is 11.3. The van der Waals surface area contributed by atoms with Gasteiger partial charge in [-0.1, -0.05) is 11.8 Å². The average Bonchev–Trinajstić information content (AvgIpc) is 2.89. The number of carbonyl (C=O) groups excluding carboxylic acids is 1. The van der Waals surface area contributed by atoms with E-state index in [-0.39, 0.29) is 11.3 Å². The fourth-order valence-electron chi connectivity index (χ4n) is 1.57. The van der Waals surface area contributed by atoms with Gasteiger partial charge in [0, 0.05) is 5.75 Å². The fourth-order valence-corrected chi connectivity index (χ4v) is 2.48. The minimum Gasteiger partial charge on any atom is -0.506 e. The highest BCUT2D eigenvalue weighted by molar-refractivity contribution is 8.14. The molecule has 2 rings (SSSR count). The van der Waals surface area contributed by atoms with Crippen LogP contribution in [0.15, 0.2) is 23.2 Å². The number of anilines is 1. The van der Waals surface area contributed by atoms with Crippen LogP contribution in [-0.4, -0.2) is 46.2 Å². The van der Waals surface area contributed by atoms with Gasteiger partial charge in [0.05, 0.1) is 18.4 Å². The first kappa shape index (κ1) is 14.2. The molecule has 0 fully saturated rings. The largest absolute Gasteiger partial charge is 0.506 e. The van der Waals surface area contributed by atoms with Crippen molar-refractivity contribution < 1.29 is 24.5 Å². The average molecular weight is 296 g/mol. The molecule has 1 unspecified atom stereocenters. The van der Waals surface area contributed by atoms with E-state index in [0.717, 1.165) is 0 Å². The van der Waals surface area contributed by atoms with E-state index in [2.05, 4.69) is 15.0 Å². The zero-order valence-corrected chi connectivity index (χ0v) is 11.3. The molecule has 0 aliphatic carbocycles. The molecular weight excluding hydrogens is 284 g/mol. The number of aliphatic imine (C=N–C) groups is 1. The Morgan fingerprint density at radius 2 is 2.25 bits per heavy atom. The highest BCUT2D eigenvalue weighted by atomic mass is 32.2. The number of ether oxygens (including phenoxy) is 1. The third-order valence-electron chi connectivity index (χ3n) is 2.60. The summed E-state index contributed by atoms with van der Waals surface area (Å²) in [6, 6.07) is 3.48. The Bertz CT molecular complexity index is 587. The number of carboxylic acid groups (broad SMARTS) is 1. The molecule has 0 bridgehead atoms. The van der Waals surface area contributed by atoms with Crippen LogP contribution in [0.5, 0.6) is 5.75 Å². The smallest absolute Gasteiger partial charge is 0.337 e. The monoisotopic (exact) mass is 296 g/mol. The molecule has 1 aliphatic heterocycles. The number of rotatable bonds is 3. The second kappa shape index (κ2) is 5.83. The van der Waals surface area contributed by atoms with Crippen LogP contribution in [0.25, 0.3) is 0 Å². The second-order valence-corrected chi connectivity index (χ2v) is 4.96. The summed E-state index contributed by atoms with van der Waals surface area (Å²) in [5.41, 5.74) is 0.565. The summed E-state index contributed by atoms with van der Waals surface area (Å²) in [5.74, 6) is -1.33. The summed E-state index contributed by atoms with van der Waals surface area (Å²) in [6.45, 7) is 0. The van der Waals surface area contributed by atoms with Crippen LogP contribution in [0.1, 0.15) is 10.4 Å². The summed E-state index contributed by atoms with van der Waals surface area (Å²) in [7, 11) is 1.25. The molecule has 1 aromatic carbocycles. The molecule has 0 saturated heterocycles. The lowest BCUT2D eigenvalue weighted by atomic mass is 10.2. The molecule has 0 spiro atoms. The van der Waals surface area contributed by atoms with Crippen molar-refractivity contribution in [2.45, 2.75) is 6.04 Å². The number of esters is 1. The molecule has 3 N–H and O–H groups in total. The van der Waals surface area contributed by atoms with E-state index in [1.165, 1.54) is 37.1 Å². The standard InChI is InChI=1S/C12H12N2O5S/c1-19-11(18)6-2-3-7(9(15)4-6)13-12-14-8(5-20-12)10(16)17/h2-4,8,15H,5H2,1H3,(H,13,14)(H,16,17). The van der Waals surface area contributed by atoms with Gasteiger partial charge in [-0.25, -0.2) is 14.6 Å². The quantitative estimate of drug-likeness (QED) is 0.567. The number of methoxy groups -OCH3 is 1. The molecule has 1 aliphatic rings. The zero-order valence-electron chi connectivity index (χ0n) is 10.5. The first-order valence-corrected chi connectivity index (χ1v) is 6.61. The predicted octanol–water partition coefficient (Wildman–Crippen LogP) is 1.15. The molecule has 8 heteroatoms. The molecule has 0 saturated carbocycles. The van der Waals surface area contributed by atoms with Crippen LogP contribution in [-0.2, 0) is 9.53 Å². The first-order valence-electron chi connectivity index (χ1n) is 5.63. The molecule has 0 radical (unpaired) electrons. The Morgan fingerprint density at radius 3 is 2.80 bits per heavy atom. The molecule has 20 heavy (non-hydrogen) atoms. The SMILES string of the molecule is COC(=O)c1ccc(NC2=NC(C(=O)O)CS2)c(O)c1. The number of hydrogen-bond donors (Lipinski definition) is 3. The van der Waals surface area contributed by atoms with Gasteiger partial charge in [-0.15, -0.1) is 0 Å². The molecule has 1 heterocycles. The lowest BCUT2D eigenvalue weighted by Gasteiger charge is -2.08. The predicted molar refractivity (Wildman–Crippen MR) is 74.4 cm³/mol. The van der Waals surface area contributed by atoms with Crippen LogP contribution in [0, 0.1) is 0 Å². The minimum atomic E-state index is -0.987.